The second-order valence-electron chi connectivity index (χ2n) is 8.77. The number of nitrogens with one attached hydrogen (secondary N) is 2. The van der Waals surface area contributed by atoms with Crippen LogP contribution in [-0.4, -0.2) is 57.4 Å². The van der Waals surface area contributed by atoms with Crippen LogP contribution in [-0.2, 0) is 0 Å². The van der Waals surface area contributed by atoms with Gasteiger partial charge in [0.2, 0.25) is 0 Å². The van der Waals surface area contributed by atoms with Crippen molar-refractivity contribution in [2.75, 3.05) is 31.9 Å². The van der Waals surface area contributed by atoms with E-state index in [1.165, 1.54) is 25.6 Å². The van der Waals surface area contributed by atoms with Crippen molar-refractivity contribution in [2.45, 2.75) is 18.4 Å². The topological polar surface area (TPSA) is 121 Å². The largest absolute Gasteiger partial charge is 0.399 e. The Balaban J connectivity index is 1.35. The highest BCUT2D eigenvalue weighted by molar-refractivity contribution is 6.08. The van der Waals surface area contributed by atoms with E-state index < -0.39 is 0 Å². The van der Waals surface area contributed by atoms with E-state index in [1.807, 2.05) is 36.5 Å². The molecule has 0 spiro atoms. The van der Waals surface area contributed by atoms with Crippen LogP contribution in [0.5, 0.6) is 0 Å². The van der Waals surface area contributed by atoms with Crippen LogP contribution < -0.4 is 16.8 Å². The van der Waals surface area contributed by atoms with E-state index in [1.54, 1.807) is 16.9 Å². The van der Waals surface area contributed by atoms with E-state index in [9.17, 15) is 0 Å². The van der Waals surface area contributed by atoms with Crippen LogP contribution in [0.15, 0.2) is 48.9 Å². The molecule has 1 aliphatic heterocycles. The van der Waals surface area contributed by atoms with Gasteiger partial charge in [0.15, 0.2) is 5.65 Å². The Bertz CT molecular complexity index is 1140. The maximum atomic E-state index is 7.91. The number of imidazole rings is 1. The number of rotatable bonds is 8. The first-order valence-corrected chi connectivity index (χ1v) is 10.7. The molecule has 3 aromatic rings. The summed E-state index contributed by atoms with van der Waals surface area (Å²) in [5, 5.41) is 16.0. The number of nitrogen functional groups attached to an aromatic ring is 1. The highest BCUT2D eigenvalue weighted by Crippen LogP contribution is 2.33. The Hall–Kier alpha value is -3.23. The number of allylic oxidation sites excluding steroid dienone is 1. The van der Waals surface area contributed by atoms with Crippen molar-refractivity contribution >= 4 is 23.1 Å². The Morgan fingerprint density at radius 1 is 1.26 bits per heavy atom. The standard InChI is InChI=1S/C23H28N8/c24-8-19(9-28-23(13-25)14-30(15-23)12-16-4-5-16)18-7-22-27-11-21(31(22)29-10-18)17-2-1-3-20(26)6-17/h1-3,6-11,16,24,28H,4-5,12-15,25-26H2/b19-9+,24-8?. The normalized spacial score (nSPS) is 18.7. The van der Waals surface area contributed by atoms with Gasteiger partial charge in [-0.3, -0.25) is 4.90 Å². The number of anilines is 1. The Kier molecular flexibility index (Phi) is 4.95. The number of hydrogen-bond acceptors (Lipinski definition) is 7. The summed E-state index contributed by atoms with van der Waals surface area (Å²) in [6.07, 6.45) is 9.51. The molecule has 2 aromatic heterocycles. The zero-order valence-corrected chi connectivity index (χ0v) is 17.5. The van der Waals surface area contributed by atoms with E-state index in [4.69, 9.17) is 16.9 Å². The van der Waals surface area contributed by atoms with Crippen molar-refractivity contribution in [3.05, 3.63) is 54.5 Å². The molecule has 1 aliphatic carbocycles. The molecule has 2 aliphatic rings. The fraction of sp³-hybridized carbons (Fsp3) is 0.348. The molecule has 6 N–H and O–H groups in total. The molecule has 31 heavy (non-hydrogen) atoms. The van der Waals surface area contributed by atoms with Crippen LogP contribution in [0.2, 0.25) is 0 Å². The average Bonchev–Trinajstić information content (AvgIpc) is 3.47. The predicted molar refractivity (Wildman–Crippen MR) is 124 cm³/mol. The van der Waals surface area contributed by atoms with Gasteiger partial charge in [0, 0.05) is 61.0 Å². The van der Waals surface area contributed by atoms with Gasteiger partial charge >= 0.3 is 0 Å². The van der Waals surface area contributed by atoms with Crippen LogP contribution in [0.3, 0.4) is 0 Å². The van der Waals surface area contributed by atoms with Gasteiger partial charge in [-0.25, -0.2) is 9.50 Å². The SMILES string of the molecule is N=C/C(=C\NC1(CN)CN(CC2CC2)C1)c1cnn2c(-c3cccc(N)c3)cnc2c1. The fourth-order valence-electron chi connectivity index (χ4n) is 4.25. The molecule has 0 unspecified atom stereocenters. The summed E-state index contributed by atoms with van der Waals surface area (Å²) < 4.78 is 1.79. The zero-order valence-electron chi connectivity index (χ0n) is 17.5. The summed E-state index contributed by atoms with van der Waals surface area (Å²) in [6, 6.07) is 9.60. The lowest BCUT2D eigenvalue weighted by Crippen LogP contribution is -2.71. The van der Waals surface area contributed by atoms with Gasteiger partial charge in [-0.15, -0.1) is 0 Å². The van der Waals surface area contributed by atoms with E-state index >= 15 is 0 Å². The lowest BCUT2D eigenvalue weighted by Gasteiger charge is -2.50. The van der Waals surface area contributed by atoms with Crippen LogP contribution in [0.1, 0.15) is 18.4 Å². The van der Waals surface area contributed by atoms with Crippen molar-refractivity contribution in [2.24, 2.45) is 11.7 Å². The van der Waals surface area contributed by atoms with Crippen LogP contribution >= 0.6 is 0 Å². The van der Waals surface area contributed by atoms with Gasteiger partial charge < -0.3 is 22.2 Å². The van der Waals surface area contributed by atoms with Crippen molar-refractivity contribution < 1.29 is 0 Å². The molecule has 3 heterocycles. The molecule has 2 fully saturated rings. The number of aromatic nitrogens is 3. The number of fused-ring (bicyclic) bond motifs is 1. The number of nitrogens with zero attached hydrogens (tertiary/aromatic N) is 4. The number of benzene rings is 1. The summed E-state index contributed by atoms with van der Waals surface area (Å²) in [7, 11) is 0. The summed E-state index contributed by atoms with van der Waals surface area (Å²) in [6.45, 7) is 3.64. The van der Waals surface area contributed by atoms with E-state index in [0.717, 1.165) is 47.0 Å². The lowest BCUT2D eigenvalue weighted by molar-refractivity contribution is 0.0534. The van der Waals surface area contributed by atoms with Crippen molar-refractivity contribution in [1.82, 2.24) is 24.8 Å². The van der Waals surface area contributed by atoms with Crippen molar-refractivity contribution in [3.8, 4) is 11.3 Å². The summed E-state index contributed by atoms with van der Waals surface area (Å²) in [5.74, 6) is 0.882. The van der Waals surface area contributed by atoms with Gasteiger partial charge in [-0.2, -0.15) is 5.10 Å². The molecular weight excluding hydrogens is 388 g/mol. The molecule has 8 nitrogen and oxygen atoms in total. The molecule has 160 valence electrons. The smallest absolute Gasteiger partial charge is 0.154 e. The molecule has 1 saturated carbocycles. The first kappa shape index (κ1) is 19.7. The maximum Gasteiger partial charge on any atom is 0.154 e. The summed E-state index contributed by atoms with van der Waals surface area (Å²) in [5.41, 5.74) is 16.7. The quantitative estimate of drug-likeness (QED) is 0.329. The minimum atomic E-state index is -0.117. The Labute approximate surface area is 181 Å². The van der Waals surface area contributed by atoms with Crippen molar-refractivity contribution in [1.29, 1.82) is 5.41 Å². The zero-order chi connectivity index (χ0) is 21.4. The molecule has 0 atom stereocenters. The van der Waals surface area contributed by atoms with Gasteiger partial charge in [-0.05, 0) is 37.0 Å². The second-order valence-corrected chi connectivity index (χ2v) is 8.77. The van der Waals surface area contributed by atoms with Crippen LogP contribution in [0.25, 0.3) is 22.5 Å². The average molecular weight is 417 g/mol. The van der Waals surface area contributed by atoms with Gasteiger partial charge in [0.05, 0.1) is 23.6 Å². The molecule has 0 radical (unpaired) electrons. The lowest BCUT2D eigenvalue weighted by atomic mass is 9.89. The third-order valence-corrected chi connectivity index (χ3v) is 6.22. The van der Waals surface area contributed by atoms with Crippen LogP contribution in [0, 0.1) is 11.3 Å². The minimum absolute atomic E-state index is 0.117. The van der Waals surface area contributed by atoms with Gasteiger partial charge in [0.1, 0.15) is 0 Å². The predicted octanol–water partition coefficient (Wildman–Crippen LogP) is 1.98. The monoisotopic (exact) mass is 416 g/mol. The molecule has 0 amide bonds. The number of likely N-dealkylation sites (tertiary alicyclic amines) is 1. The van der Waals surface area contributed by atoms with E-state index in [-0.39, 0.29) is 5.54 Å². The number of nitrogens with two attached hydrogens (primary N) is 2. The van der Waals surface area contributed by atoms with E-state index in [0.29, 0.717) is 12.2 Å². The third kappa shape index (κ3) is 3.92. The molecule has 1 aromatic carbocycles. The molecule has 0 bridgehead atoms. The van der Waals surface area contributed by atoms with Crippen LogP contribution in [0.4, 0.5) is 5.69 Å². The highest BCUT2D eigenvalue weighted by atomic mass is 15.3. The first-order chi connectivity index (χ1) is 15.1. The van der Waals surface area contributed by atoms with Gasteiger partial charge in [-0.1, -0.05) is 12.1 Å². The van der Waals surface area contributed by atoms with Gasteiger partial charge in [0.25, 0.3) is 0 Å². The maximum absolute atomic E-state index is 7.91. The first-order valence-electron chi connectivity index (χ1n) is 10.7. The molecule has 5 rings (SSSR count). The minimum Gasteiger partial charge on any atom is -0.399 e. The molecule has 1 saturated heterocycles. The number of hydrogen-bond donors (Lipinski definition) is 4. The third-order valence-electron chi connectivity index (χ3n) is 6.22. The summed E-state index contributed by atoms with van der Waals surface area (Å²) >= 11 is 0. The molecule has 8 heteroatoms. The van der Waals surface area contributed by atoms with E-state index in [2.05, 4.69) is 20.3 Å². The summed E-state index contributed by atoms with van der Waals surface area (Å²) in [4.78, 5) is 6.97. The Morgan fingerprint density at radius 3 is 2.81 bits per heavy atom. The Morgan fingerprint density at radius 2 is 2.10 bits per heavy atom. The molecular formula is C23H28N8. The second kappa shape index (κ2) is 7.79. The fourth-order valence-corrected chi connectivity index (χ4v) is 4.25. The van der Waals surface area contributed by atoms with Crippen molar-refractivity contribution in [3.63, 3.8) is 0 Å². The highest BCUT2D eigenvalue weighted by Gasteiger charge is 2.42.